The molecule has 0 rings (SSSR count). The fourth-order valence-electron chi connectivity index (χ4n) is 1.31. The lowest BCUT2D eigenvalue weighted by Gasteiger charge is -2.23. The smallest absolute Gasteiger partial charge is 0.157 e. The van der Waals surface area contributed by atoms with Gasteiger partial charge >= 0.3 is 0 Å². The fourth-order valence-corrected chi connectivity index (χ4v) is 1.31. The Morgan fingerprint density at radius 3 is 2.25 bits per heavy atom. The molecule has 3 heteroatoms. The summed E-state index contributed by atoms with van der Waals surface area (Å²) in [6.45, 7) is 8.85. The molecule has 0 aliphatic heterocycles. The second-order valence-electron chi connectivity index (χ2n) is 4.92. The van der Waals surface area contributed by atoms with Crippen LogP contribution in [0.1, 0.15) is 59.8 Å². The second kappa shape index (κ2) is 8.97. The SMILES string of the molecule is CCCCCOC(CCC)OCC(C)(C)O. The second-order valence-corrected chi connectivity index (χ2v) is 4.92. The summed E-state index contributed by atoms with van der Waals surface area (Å²) in [7, 11) is 0. The molecule has 0 aromatic rings. The Bertz CT molecular complexity index is 152. The van der Waals surface area contributed by atoms with E-state index in [1.165, 1.54) is 12.8 Å². The third-order valence-electron chi connectivity index (χ3n) is 2.20. The first-order chi connectivity index (χ1) is 7.49. The highest BCUT2D eigenvalue weighted by atomic mass is 16.7. The van der Waals surface area contributed by atoms with E-state index in [4.69, 9.17) is 9.47 Å². The number of hydrogen-bond donors (Lipinski definition) is 1. The van der Waals surface area contributed by atoms with E-state index in [2.05, 4.69) is 13.8 Å². The number of ether oxygens (including phenoxy) is 2. The Kier molecular flexibility index (Phi) is 8.90. The topological polar surface area (TPSA) is 38.7 Å². The predicted molar refractivity (Wildman–Crippen MR) is 66.4 cm³/mol. The maximum atomic E-state index is 9.56. The van der Waals surface area contributed by atoms with E-state index in [9.17, 15) is 5.11 Å². The van der Waals surface area contributed by atoms with Gasteiger partial charge in [-0.1, -0.05) is 33.1 Å². The summed E-state index contributed by atoms with van der Waals surface area (Å²) in [5, 5.41) is 9.56. The standard InChI is InChI=1S/C13H28O3/c1-5-7-8-10-15-12(9-6-2)16-11-13(3,4)14/h12,14H,5-11H2,1-4H3. The van der Waals surface area contributed by atoms with Crippen LogP contribution in [0.15, 0.2) is 0 Å². The normalized spacial score (nSPS) is 14.1. The summed E-state index contributed by atoms with van der Waals surface area (Å²) >= 11 is 0. The molecule has 0 bridgehead atoms. The van der Waals surface area contributed by atoms with Crippen molar-refractivity contribution in [3.8, 4) is 0 Å². The number of unbranched alkanes of at least 4 members (excludes halogenated alkanes) is 2. The lowest BCUT2D eigenvalue weighted by Crippen LogP contribution is -2.30. The van der Waals surface area contributed by atoms with Crippen molar-refractivity contribution in [2.24, 2.45) is 0 Å². The minimum Gasteiger partial charge on any atom is -0.388 e. The van der Waals surface area contributed by atoms with Crippen molar-refractivity contribution >= 4 is 0 Å². The van der Waals surface area contributed by atoms with Crippen molar-refractivity contribution in [2.75, 3.05) is 13.2 Å². The van der Waals surface area contributed by atoms with Gasteiger partial charge in [-0.3, -0.25) is 0 Å². The lowest BCUT2D eigenvalue weighted by molar-refractivity contribution is -0.173. The molecule has 1 N–H and O–H groups in total. The molecule has 0 heterocycles. The molecule has 0 spiro atoms. The van der Waals surface area contributed by atoms with Crippen LogP contribution in [-0.4, -0.2) is 30.2 Å². The van der Waals surface area contributed by atoms with Crippen LogP contribution in [0.4, 0.5) is 0 Å². The summed E-state index contributed by atoms with van der Waals surface area (Å²) in [6.07, 6.45) is 5.25. The van der Waals surface area contributed by atoms with Crippen LogP contribution < -0.4 is 0 Å². The van der Waals surface area contributed by atoms with Gasteiger partial charge in [0.2, 0.25) is 0 Å². The fraction of sp³-hybridized carbons (Fsp3) is 1.00. The zero-order valence-corrected chi connectivity index (χ0v) is 11.3. The molecule has 1 atom stereocenters. The molecular formula is C13H28O3. The average molecular weight is 232 g/mol. The Balaban J connectivity index is 3.70. The number of aliphatic hydroxyl groups is 1. The Morgan fingerprint density at radius 1 is 1.06 bits per heavy atom. The highest BCUT2D eigenvalue weighted by Gasteiger charge is 2.16. The minimum absolute atomic E-state index is 0.159. The van der Waals surface area contributed by atoms with Gasteiger partial charge in [-0.2, -0.15) is 0 Å². The molecule has 0 aliphatic carbocycles. The van der Waals surface area contributed by atoms with Crippen LogP contribution in [0, 0.1) is 0 Å². The van der Waals surface area contributed by atoms with E-state index in [0.29, 0.717) is 6.61 Å². The van der Waals surface area contributed by atoms with Crippen LogP contribution in [0.2, 0.25) is 0 Å². The van der Waals surface area contributed by atoms with Crippen LogP contribution in [0.5, 0.6) is 0 Å². The number of hydrogen-bond acceptors (Lipinski definition) is 3. The average Bonchev–Trinajstić information content (AvgIpc) is 2.19. The third kappa shape index (κ3) is 10.4. The summed E-state index contributed by atoms with van der Waals surface area (Å²) < 4.78 is 11.2. The third-order valence-corrected chi connectivity index (χ3v) is 2.20. The highest BCUT2D eigenvalue weighted by molar-refractivity contribution is 4.63. The van der Waals surface area contributed by atoms with Gasteiger partial charge in [0, 0.05) is 6.61 Å². The molecule has 0 aliphatic rings. The molecule has 3 nitrogen and oxygen atoms in total. The van der Waals surface area contributed by atoms with Crippen LogP contribution >= 0.6 is 0 Å². The molecule has 16 heavy (non-hydrogen) atoms. The van der Waals surface area contributed by atoms with Gasteiger partial charge in [-0.05, 0) is 26.7 Å². The molecule has 0 saturated carbocycles. The molecule has 0 amide bonds. The summed E-state index contributed by atoms with van der Waals surface area (Å²) in [5.41, 5.74) is -0.779. The van der Waals surface area contributed by atoms with Crippen molar-refractivity contribution in [1.29, 1.82) is 0 Å². The van der Waals surface area contributed by atoms with E-state index in [0.717, 1.165) is 25.9 Å². The largest absolute Gasteiger partial charge is 0.388 e. The van der Waals surface area contributed by atoms with Gasteiger partial charge in [-0.25, -0.2) is 0 Å². The zero-order chi connectivity index (χ0) is 12.4. The first-order valence-electron chi connectivity index (χ1n) is 6.45. The quantitative estimate of drug-likeness (QED) is 0.464. The first kappa shape index (κ1) is 15.9. The molecule has 0 fully saturated rings. The van der Waals surface area contributed by atoms with E-state index in [-0.39, 0.29) is 6.29 Å². The van der Waals surface area contributed by atoms with Crippen LogP contribution in [-0.2, 0) is 9.47 Å². The summed E-state index contributed by atoms with van der Waals surface area (Å²) in [6, 6.07) is 0. The lowest BCUT2D eigenvalue weighted by atomic mass is 10.2. The monoisotopic (exact) mass is 232 g/mol. The van der Waals surface area contributed by atoms with Gasteiger partial charge < -0.3 is 14.6 Å². The summed E-state index contributed by atoms with van der Waals surface area (Å²) in [4.78, 5) is 0. The molecular weight excluding hydrogens is 204 g/mol. The molecule has 0 aromatic heterocycles. The van der Waals surface area contributed by atoms with E-state index in [1.54, 1.807) is 13.8 Å². The van der Waals surface area contributed by atoms with E-state index in [1.807, 2.05) is 0 Å². The Hall–Kier alpha value is -0.120. The first-order valence-corrected chi connectivity index (χ1v) is 6.45. The molecule has 1 unspecified atom stereocenters. The molecule has 98 valence electrons. The van der Waals surface area contributed by atoms with Crippen molar-refractivity contribution < 1.29 is 14.6 Å². The minimum atomic E-state index is -0.779. The maximum Gasteiger partial charge on any atom is 0.157 e. The van der Waals surface area contributed by atoms with Crippen molar-refractivity contribution in [3.05, 3.63) is 0 Å². The van der Waals surface area contributed by atoms with Gasteiger partial charge in [0.15, 0.2) is 6.29 Å². The van der Waals surface area contributed by atoms with Crippen molar-refractivity contribution in [3.63, 3.8) is 0 Å². The number of rotatable bonds is 10. The van der Waals surface area contributed by atoms with Gasteiger partial charge in [0.1, 0.15) is 0 Å². The van der Waals surface area contributed by atoms with Crippen molar-refractivity contribution in [2.45, 2.75) is 71.7 Å². The van der Waals surface area contributed by atoms with Gasteiger partial charge in [0.05, 0.1) is 12.2 Å². The Morgan fingerprint density at radius 2 is 1.75 bits per heavy atom. The Labute approximate surface area is 100 Å². The van der Waals surface area contributed by atoms with E-state index >= 15 is 0 Å². The zero-order valence-electron chi connectivity index (χ0n) is 11.3. The predicted octanol–water partition coefficient (Wildman–Crippen LogP) is 3.11. The molecule has 0 aromatic carbocycles. The van der Waals surface area contributed by atoms with Crippen molar-refractivity contribution in [1.82, 2.24) is 0 Å². The van der Waals surface area contributed by atoms with Crippen LogP contribution in [0.25, 0.3) is 0 Å². The highest BCUT2D eigenvalue weighted by Crippen LogP contribution is 2.10. The van der Waals surface area contributed by atoms with E-state index < -0.39 is 5.60 Å². The maximum absolute atomic E-state index is 9.56. The van der Waals surface area contributed by atoms with Gasteiger partial charge in [-0.15, -0.1) is 0 Å². The molecule has 0 saturated heterocycles. The van der Waals surface area contributed by atoms with Crippen LogP contribution in [0.3, 0.4) is 0 Å². The molecule has 0 radical (unpaired) electrons. The van der Waals surface area contributed by atoms with Gasteiger partial charge in [0.25, 0.3) is 0 Å². The summed E-state index contributed by atoms with van der Waals surface area (Å²) in [5.74, 6) is 0.